The zero-order valence-corrected chi connectivity index (χ0v) is 19.9. The van der Waals surface area contributed by atoms with Gasteiger partial charge in [-0.3, -0.25) is 14.5 Å². The molecule has 1 aliphatic carbocycles. The van der Waals surface area contributed by atoms with Gasteiger partial charge in [0.1, 0.15) is 11.6 Å². The molecule has 3 aliphatic rings. The van der Waals surface area contributed by atoms with Crippen molar-refractivity contribution in [2.75, 3.05) is 22.9 Å². The number of thiocarbonyl (C=S) groups is 1. The molecular weight excluding hydrogens is 513 g/mol. The second-order valence-electron chi connectivity index (χ2n) is 9.27. The summed E-state index contributed by atoms with van der Waals surface area (Å²) in [6, 6.07) is 4.93. The maximum atomic E-state index is 13.6. The summed E-state index contributed by atoms with van der Waals surface area (Å²) in [5.74, 6) is -0.562. The molecule has 2 amide bonds. The van der Waals surface area contributed by atoms with Gasteiger partial charge in [-0.2, -0.15) is 18.4 Å². The summed E-state index contributed by atoms with van der Waals surface area (Å²) in [4.78, 5) is 44.6. The number of anilines is 2. The average Bonchev–Trinajstić information content (AvgIpc) is 3.02. The summed E-state index contributed by atoms with van der Waals surface area (Å²) >= 11 is 5.59. The predicted octanol–water partition coefficient (Wildman–Crippen LogP) is 2.80. The highest BCUT2D eigenvalue weighted by atomic mass is 32.1. The number of rotatable bonds is 4. The van der Waals surface area contributed by atoms with Gasteiger partial charge in [0.25, 0.3) is 11.5 Å². The molecule has 2 aliphatic heterocycles. The number of pyridine rings is 2. The fourth-order valence-electron chi connectivity index (χ4n) is 5.00. The minimum absolute atomic E-state index is 0.0594. The van der Waals surface area contributed by atoms with Gasteiger partial charge >= 0.3 is 12.3 Å². The Morgan fingerprint density at radius 1 is 1.24 bits per heavy atom. The first kappa shape index (κ1) is 24.7. The van der Waals surface area contributed by atoms with E-state index in [1.807, 2.05) is 0 Å². The number of hydrogen-bond donors (Lipinski definition) is 1. The number of likely N-dealkylation sites (tertiary alicyclic amines) is 1. The lowest BCUT2D eigenvalue weighted by Crippen LogP contribution is -2.55. The van der Waals surface area contributed by atoms with Crippen molar-refractivity contribution >= 4 is 40.7 Å². The lowest BCUT2D eigenvalue weighted by Gasteiger charge is -2.43. The minimum Gasteiger partial charge on any atom is -0.465 e. The van der Waals surface area contributed by atoms with E-state index in [1.165, 1.54) is 33.9 Å². The molecule has 0 unspecified atom stereocenters. The Morgan fingerprint density at radius 2 is 1.95 bits per heavy atom. The second-order valence-corrected chi connectivity index (χ2v) is 9.64. The maximum Gasteiger partial charge on any atom is 0.419 e. The molecule has 5 rings (SSSR count). The van der Waals surface area contributed by atoms with Crippen molar-refractivity contribution in [2.45, 2.75) is 37.5 Å². The topological polar surface area (TPSA) is 123 Å². The van der Waals surface area contributed by atoms with Gasteiger partial charge in [0.05, 0.1) is 23.1 Å². The second kappa shape index (κ2) is 8.55. The number of carbonyl (C=O) groups excluding carboxylic acids is 1. The zero-order valence-electron chi connectivity index (χ0n) is 19.1. The third-order valence-corrected chi connectivity index (χ3v) is 7.41. The smallest absolute Gasteiger partial charge is 0.419 e. The molecule has 0 radical (unpaired) electrons. The number of halogens is 3. The predicted molar refractivity (Wildman–Crippen MR) is 127 cm³/mol. The molecule has 14 heteroatoms. The average molecular weight is 533 g/mol. The van der Waals surface area contributed by atoms with Gasteiger partial charge < -0.3 is 19.5 Å². The zero-order chi connectivity index (χ0) is 26.7. The van der Waals surface area contributed by atoms with Crippen LogP contribution in [0.2, 0.25) is 0 Å². The number of carboxylic acid groups (broad SMARTS) is 1. The van der Waals surface area contributed by atoms with Gasteiger partial charge in [-0.15, -0.1) is 0 Å². The van der Waals surface area contributed by atoms with Gasteiger partial charge in [-0.1, -0.05) is 0 Å². The van der Waals surface area contributed by atoms with E-state index in [0.29, 0.717) is 31.0 Å². The summed E-state index contributed by atoms with van der Waals surface area (Å²) in [6.07, 6.45) is -1.82. The SMILES string of the molecule is N#Cc1ncc(N2C(=O)C3(CCC3)N(c3ccc(=O)n(CC4CN(C(=O)O)C4)c3)C2=S)cc1C(F)(F)F. The quantitative estimate of drug-likeness (QED) is 0.597. The molecule has 1 spiro atoms. The van der Waals surface area contributed by atoms with Gasteiger partial charge in [-0.25, -0.2) is 9.78 Å². The van der Waals surface area contributed by atoms with Gasteiger partial charge in [0.15, 0.2) is 10.8 Å². The molecule has 2 aromatic heterocycles. The van der Waals surface area contributed by atoms with E-state index in [1.54, 1.807) is 4.90 Å². The standard InChI is InChI=1S/C23H19F3N6O4S/c24-23(25,26)16-6-15(8-28-17(16)7-27)31-19(34)22(4-1-5-22)32(20(31)37)14-2-3-18(33)29(12-14)9-13-10-30(11-13)21(35)36/h2-3,6,8,12-13H,1,4-5,9-11H2,(H,35,36). The fourth-order valence-corrected chi connectivity index (χ4v) is 5.47. The Morgan fingerprint density at radius 3 is 2.51 bits per heavy atom. The van der Waals surface area contributed by atoms with Crippen LogP contribution in [-0.4, -0.2) is 55.3 Å². The maximum absolute atomic E-state index is 13.6. The number of nitriles is 1. The Labute approximate surface area is 213 Å². The van der Waals surface area contributed by atoms with E-state index >= 15 is 0 Å². The number of nitrogens with zero attached hydrogens (tertiary/aromatic N) is 6. The molecule has 10 nitrogen and oxygen atoms in total. The van der Waals surface area contributed by atoms with E-state index in [-0.39, 0.29) is 41.9 Å². The molecular formula is C23H19F3N6O4S. The molecule has 2 saturated heterocycles. The third-order valence-electron chi connectivity index (χ3n) is 7.04. The van der Waals surface area contributed by atoms with Crippen LogP contribution in [0.5, 0.6) is 0 Å². The van der Waals surface area contributed by atoms with E-state index in [9.17, 15) is 27.6 Å². The Hall–Kier alpha value is -3.99. The number of carbonyl (C=O) groups is 2. The first-order chi connectivity index (χ1) is 17.5. The number of alkyl halides is 3. The normalized spacial score (nSPS) is 19.1. The molecule has 0 bridgehead atoms. The Bertz CT molecular complexity index is 1420. The van der Waals surface area contributed by atoms with Crippen LogP contribution >= 0.6 is 12.2 Å². The van der Waals surface area contributed by atoms with Crippen LogP contribution in [0.25, 0.3) is 0 Å². The van der Waals surface area contributed by atoms with Crippen molar-refractivity contribution in [3.05, 3.63) is 52.2 Å². The fraction of sp³-hybridized carbons (Fsp3) is 0.391. The molecule has 3 fully saturated rings. The Balaban J connectivity index is 1.50. The molecule has 37 heavy (non-hydrogen) atoms. The molecule has 192 valence electrons. The third kappa shape index (κ3) is 3.90. The van der Waals surface area contributed by atoms with Crippen LogP contribution in [0.3, 0.4) is 0 Å². The molecule has 2 aromatic rings. The van der Waals surface area contributed by atoms with Crippen molar-refractivity contribution in [2.24, 2.45) is 5.92 Å². The molecule has 1 saturated carbocycles. The lowest BCUT2D eigenvalue weighted by atomic mass is 9.75. The summed E-state index contributed by atoms with van der Waals surface area (Å²) in [5.41, 5.74) is -3.29. The van der Waals surface area contributed by atoms with Crippen LogP contribution < -0.4 is 15.4 Å². The highest BCUT2D eigenvalue weighted by Gasteiger charge is 2.60. The molecule has 4 heterocycles. The number of hydrogen-bond acceptors (Lipinski definition) is 6. The van der Waals surface area contributed by atoms with Crippen LogP contribution in [0.1, 0.15) is 30.5 Å². The minimum atomic E-state index is -4.86. The van der Waals surface area contributed by atoms with Crippen molar-refractivity contribution in [3.8, 4) is 6.07 Å². The van der Waals surface area contributed by atoms with E-state index in [4.69, 9.17) is 22.6 Å². The number of amides is 2. The van der Waals surface area contributed by atoms with Crippen LogP contribution in [-0.2, 0) is 17.5 Å². The molecule has 0 atom stereocenters. The van der Waals surface area contributed by atoms with E-state index in [2.05, 4.69) is 4.98 Å². The summed E-state index contributed by atoms with van der Waals surface area (Å²) in [5, 5.41) is 18.0. The van der Waals surface area contributed by atoms with Gasteiger partial charge in [0.2, 0.25) is 0 Å². The summed E-state index contributed by atoms with van der Waals surface area (Å²) in [6.45, 7) is 0.839. The van der Waals surface area contributed by atoms with Crippen molar-refractivity contribution < 1.29 is 27.9 Å². The van der Waals surface area contributed by atoms with E-state index < -0.39 is 35.0 Å². The van der Waals surface area contributed by atoms with Gasteiger partial charge in [-0.05, 0) is 43.6 Å². The highest BCUT2D eigenvalue weighted by molar-refractivity contribution is 7.81. The first-order valence-corrected chi connectivity index (χ1v) is 11.7. The number of aromatic nitrogens is 2. The molecule has 1 N–H and O–H groups in total. The van der Waals surface area contributed by atoms with Crippen molar-refractivity contribution in [3.63, 3.8) is 0 Å². The highest BCUT2D eigenvalue weighted by Crippen LogP contribution is 2.48. The van der Waals surface area contributed by atoms with E-state index in [0.717, 1.165) is 11.1 Å². The monoisotopic (exact) mass is 532 g/mol. The van der Waals surface area contributed by atoms with Crippen LogP contribution in [0.15, 0.2) is 35.4 Å². The largest absolute Gasteiger partial charge is 0.465 e. The lowest BCUT2D eigenvalue weighted by molar-refractivity contribution is -0.138. The van der Waals surface area contributed by atoms with Gasteiger partial charge in [0, 0.05) is 37.8 Å². The van der Waals surface area contributed by atoms with Crippen molar-refractivity contribution in [1.29, 1.82) is 5.26 Å². The summed E-state index contributed by atoms with van der Waals surface area (Å²) in [7, 11) is 0. The summed E-state index contributed by atoms with van der Waals surface area (Å²) < 4.78 is 42.1. The van der Waals surface area contributed by atoms with Crippen LogP contribution in [0.4, 0.5) is 29.3 Å². The first-order valence-electron chi connectivity index (χ1n) is 11.3. The molecule has 0 aromatic carbocycles. The Kier molecular flexibility index (Phi) is 5.70. The van der Waals surface area contributed by atoms with Crippen LogP contribution in [0, 0.1) is 17.2 Å². The van der Waals surface area contributed by atoms with Crippen molar-refractivity contribution in [1.82, 2.24) is 14.5 Å².